The third-order valence-corrected chi connectivity index (χ3v) is 7.12. The first-order valence-corrected chi connectivity index (χ1v) is 13.3. The average Bonchev–Trinajstić information content (AvgIpc) is 2.93. The number of hydrogen-bond acceptors (Lipinski definition) is 4. The minimum Gasteiger partial charge on any atom is -0.390 e. The predicted octanol–water partition coefficient (Wildman–Crippen LogP) is 7.63. The molecule has 0 spiro atoms. The Morgan fingerprint density at radius 2 is 0.806 bits per heavy atom. The van der Waals surface area contributed by atoms with Crippen LogP contribution in [0.4, 0.5) is 0 Å². The summed E-state index contributed by atoms with van der Waals surface area (Å²) >= 11 is 12.7. The Morgan fingerprint density at radius 1 is 0.500 bits per heavy atom. The molecule has 4 rings (SSSR count). The maximum atomic E-state index is 6.06. The fourth-order valence-electron chi connectivity index (χ4n) is 3.76. The van der Waals surface area contributed by atoms with Crippen LogP contribution in [0.1, 0.15) is 22.3 Å². The van der Waals surface area contributed by atoms with Crippen LogP contribution in [0.5, 0.6) is 0 Å². The minimum absolute atomic E-state index is 0.412. The standard InChI is InChI=1S/C30H28N2OS3/c34-29(31(21-25-13-5-1-6-14-25)22-26-15-7-2-8-16-26)33-36-30(35)32(23-27-17-9-3-10-18-27)24-28-19-11-4-12-20-28/h1-20H,21-24H2. The molecule has 6 heteroatoms. The molecule has 0 bridgehead atoms. The molecule has 0 saturated heterocycles. The van der Waals surface area contributed by atoms with Gasteiger partial charge in [-0.1, -0.05) is 121 Å². The van der Waals surface area contributed by atoms with Gasteiger partial charge in [0.2, 0.25) is 0 Å². The van der Waals surface area contributed by atoms with Crippen molar-refractivity contribution >= 4 is 46.0 Å². The van der Waals surface area contributed by atoms with Gasteiger partial charge in [-0.25, -0.2) is 0 Å². The maximum Gasteiger partial charge on any atom is 0.273 e. The Kier molecular flexibility index (Phi) is 9.91. The quantitative estimate of drug-likeness (QED) is 0.171. The molecule has 0 unspecified atom stereocenters. The topological polar surface area (TPSA) is 15.7 Å². The van der Waals surface area contributed by atoms with E-state index in [9.17, 15) is 0 Å². The van der Waals surface area contributed by atoms with Gasteiger partial charge in [0.15, 0.2) is 4.32 Å². The summed E-state index contributed by atoms with van der Waals surface area (Å²) < 4.78 is 6.70. The SMILES string of the molecule is S=C(OSC(=S)N(Cc1ccccc1)Cc1ccccc1)N(Cc1ccccc1)Cc1ccccc1. The normalized spacial score (nSPS) is 10.4. The van der Waals surface area contributed by atoms with Gasteiger partial charge in [-0.15, -0.1) is 0 Å². The molecule has 0 fully saturated rings. The van der Waals surface area contributed by atoms with Crippen LogP contribution < -0.4 is 0 Å². The van der Waals surface area contributed by atoms with Crippen LogP contribution in [-0.2, 0) is 30.4 Å². The van der Waals surface area contributed by atoms with Gasteiger partial charge in [0.25, 0.3) is 5.17 Å². The molecular weight excluding hydrogens is 501 g/mol. The summed E-state index contributed by atoms with van der Waals surface area (Å²) in [6.45, 7) is 2.68. The minimum atomic E-state index is 0.412. The maximum absolute atomic E-state index is 6.06. The first-order chi connectivity index (χ1) is 17.7. The van der Waals surface area contributed by atoms with Crippen molar-refractivity contribution < 1.29 is 4.18 Å². The molecule has 36 heavy (non-hydrogen) atoms. The van der Waals surface area contributed by atoms with Crippen LogP contribution in [0.15, 0.2) is 121 Å². The van der Waals surface area contributed by atoms with Gasteiger partial charge in [0.1, 0.15) is 12.0 Å². The monoisotopic (exact) mass is 528 g/mol. The Balaban J connectivity index is 1.44. The molecule has 3 nitrogen and oxygen atoms in total. The smallest absolute Gasteiger partial charge is 0.273 e. The van der Waals surface area contributed by atoms with E-state index >= 15 is 0 Å². The van der Waals surface area contributed by atoms with E-state index < -0.39 is 0 Å². The molecular formula is C30H28N2OS3. The molecule has 0 atom stereocenters. The zero-order valence-electron chi connectivity index (χ0n) is 19.9. The van der Waals surface area contributed by atoms with Gasteiger partial charge in [-0.2, -0.15) is 0 Å². The third kappa shape index (κ3) is 8.19. The molecule has 182 valence electrons. The molecule has 0 heterocycles. The lowest BCUT2D eigenvalue weighted by atomic mass is 10.2. The highest BCUT2D eigenvalue weighted by Crippen LogP contribution is 2.21. The fourth-order valence-corrected chi connectivity index (χ4v) is 4.71. The van der Waals surface area contributed by atoms with Gasteiger partial charge in [-0.3, -0.25) is 0 Å². The Labute approximate surface area is 228 Å². The van der Waals surface area contributed by atoms with Crippen molar-refractivity contribution in [2.75, 3.05) is 0 Å². The molecule has 4 aromatic carbocycles. The van der Waals surface area contributed by atoms with Gasteiger partial charge in [0, 0.05) is 26.2 Å². The van der Waals surface area contributed by atoms with E-state index in [1.807, 2.05) is 72.8 Å². The van der Waals surface area contributed by atoms with E-state index in [1.54, 1.807) is 0 Å². The van der Waals surface area contributed by atoms with Crippen molar-refractivity contribution in [3.05, 3.63) is 144 Å². The van der Waals surface area contributed by atoms with E-state index in [0.717, 1.165) is 12.0 Å². The van der Waals surface area contributed by atoms with E-state index in [2.05, 4.69) is 58.3 Å². The van der Waals surface area contributed by atoms with Crippen molar-refractivity contribution in [1.82, 2.24) is 9.80 Å². The largest absolute Gasteiger partial charge is 0.390 e. The summed E-state index contributed by atoms with van der Waals surface area (Å²) in [7, 11) is 0. The van der Waals surface area contributed by atoms with Crippen LogP contribution in [0.2, 0.25) is 0 Å². The van der Waals surface area contributed by atoms with Crippen molar-refractivity contribution in [1.29, 1.82) is 0 Å². The number of benzene rings is 4. The van der Waals surface area contributed by atoms with Crippen molar-refractivity contribution in [3.63, 3.8) is 0 Å². The van der Waals surface area contributed by atoms with E-state index in [-0.39, 0.29) is 0 Å². The van der Waals surface area contributed by atoms with Gasteiger partial charge < -0.3 is 14.0 Å². The van der Waals surface area contributed by atoms with Crippen LogP contribution in [-0.4, -0.2) is 19.3 Å². The van der Waals surface area contributed by atoms with E-state index in [1.165, 1.54) is 22.3 Å². The van der Waals surface area contributed by atoms with Crippen molar-refractivity contribution in [2.45, 2.75) is 26.2 Å². The number of thiocarbonyl (C=S) groups is 2. The zero-order valence-corrected chi connectivity index (χ0v) is 22.4. The molecule has 0 aliphatic carbocycles. The highest BCUT2D eigenvalue weighted by Gasteiger charge is 2.18. The fraction of sp³-hybridized carbons (Fsp3) is 0.133. The molecule has 0 aliphatic rings. The van der Waals surface area contributed by atoms with Crippen molar-refractivity contribution in [3.8, 4) is 0 Å². The summed E-state index contributed by atoms with van der Waals surface area (Å²) in [5.74, 6) is 0. The molecule has 4 aromatic rings. The second-order valence-corrected chi connectivity index (χ2v) is 10.1. The van der Waals surface area contributed by atoms with Crippen LogP contribution in [0, 0.1) is 0 Å². The lowest BCUT2D eigenvalue weighted by molar-refractivity contribution is 0.354. The van der Waals surface area contributed by atoms with Gasteiger partial charge in [-0.05, 0) is 46.7 Å². The number of hydrogen-bond donors (Lipinski definition) is 0. The third-order valence-electron chi connectivity index (χ3n) is 5.57. The van der Waals surface area contributed by atoms with Gasteiger partial charge in [0.05, 0.1) is 0 Å². The summed E-state index contributed by atoms with van der Waals surface area (Å²) in [4.78, 5) is 4.21. The van der Waals surface area contributed by atoms with E-state index in [4.69, 9.17) is 28.6 Å². The summed E-state index contributed by atoms with van der Waals surface area (Å²) in [5, 5.41) is 0.412. The van der Waals surface area contributed by atoms with Crippen LogP contribution >= 0.6 is 36.5 Å². The summed E-state index contributed by atoms with van der Waals surface area (Å²) in [5.41, 5.74) is 4.71. The second-order valence-electron chi connectivity index (χ2n) is 8.35. The summed E-state index contributed by atoms with van der Waals surface area (Å²) in [6.07, 6.45) is 0. The molecule has 0 radical (unpaired) electrons. The van der Waals surface area contributed by atoms with Crippen LogP contribution in [0.25, 0.3) is 0 Å². The Morgan fingerprint density at radius 3 is 1.14 bits per heavy atom. The van der Waals surface area contributed by atoms with Crippen molar-refractivity contribution in [2.24, 2.45) is 0 Å². The highest BCUT2D eigenvalue weighted by molar-refractivity contribution is 8.20. The lowest BCUT2D eigenvalue weighted by Gasteiger charge is -2.27. The number of rotatable bonds is 8. The first kappa shape index (κ1) is 25.9. The van der Waals surface area contributed by atoms with Crippen LogP contribution in [0.3, 0.4) is 0 Å². The molecule has 0 amide bonds. The highest BCUT2D eigenvalue weighted by atomic mass is 32.2. The molecule has 0 saturated carbocycles. The summed E-state index contributed by atoms with van der Waals surface area (Å²) in [6, 6.07) is 41.2. The predicted molar refractivity (Wildman–Crippen MR) is 158 cm³/mol. The van der Waals surface area contributed by atoms with Gasteiger partial charge >= 0.3 is 0 Å². The second kappa shape index (κ2) is 13.8. The average molecular weight is 529 g/mol. The Bertz CT molecular complexity index is 1040. The van der Waals surface area contributed by atoms with E-state index in [0.29, 0.717) is 35.7 Å². The molecule has 0 N–H and O–H groups in total. The first-order valence-electron chi connectivity index (χ1n) is 11.8. The molecule has 0 aromatic heterocycles. The molecule has 0 aliphatic heterocycles. The zero-order chi connectivity index (χ0) is 25.0. The number of nitrogens with zero attached hydrogens (tertiary/aromatic N) is 2. The Hall–Kier alpha value is -3.19. The lowest BCUT2D eigenvalue weighted by Crippen LogP contribution is -2.31.